The van der Waals surface area contributed by atoms with Crippen molar-refractivity contribution in [3.8, 4) is 0 Å². The lowest BCUT2D eigenvalue weighted by atomic mass is 9.95. The third-order valence-electron chi connectivity index (χ3n) is 3.81. The lowest BCUT2D eigenvalue weighted by Crippen LogP contribution is -2.33. The molecule has 0 amide bonds. The molecule has 3 rings (SSSR count). The summed E-state index contributed by atoms with van der Waals surface area (Å²) in [5, 5.41) is 7.32. The number of hydrogen-bond donors (Lipinski definition) is 1. The summed E-state index contributed by atoms with van der Waals surface area (Å²) in [4.78, 5) is 6.53. The van der Waals surface area contributed by atoms with Crippen LogP contribution in [0.2, 0.25) is 0 Å². The fourth-order valence-corrected chi connectivity index (χ4v) is 2.91. The molecule has 82 valence electrons. The monoisotopic (exact) mass is 208 g/mol. The van der Waals surface area contributed by atoms with Crippen LogP contribution in [0.15, 0.2) is 10.9 Å². The summed E-state index contributed by atoms with van der Waals surface area (Å²) < 4.78 is 4.75. The predicted octanol–water partition coefficient (Wildman–Crippen LogP) is 0.109. The summed E-state index contributed by atoms with van der Waals surface area (Å²) in [6.07, 6.45) is 1.40. The van der Waals surface area contributed by atoms with E-state index in [0.717, 1.165) is 43.8 Å². The Morgan fingerprint density at radius 3 is 3.27 bits per heavy atom. The highest BCUT2D eigenvalue weighted by Crippen LogP contribution is 2.32. The molecule has 1 aromatic rings. The Hall–Kier alpha value is -0.940. The minimum Gasteiger partial charge on any atom is -0.343 e. The lowest BCUT2D eigenvalue weighted by molar-refractivity contribution is 0.223. The van der Waals surface area contributed by atoms with E-state index in [-0.39, 0.29) is 0 Å². The molecule has 2 fully saturated rings. The Bertz CT molecular complexity index is 326. The average Bonchev–Trinajstić information content (AvgIpc) is 2.89. The van der Waals surface area contributed by atoms with Gasteiger partial charge < -0.3 is 9.84 Å². The number of nitrogens with one attached hydrogen (secondary N) is 1. The second-order valence-electron chi connectivity index (χ2n) is 4.60. The third kappa shape index (κ3) is 1.55. The number of aromatic nitrogens is 2. The van der Waals surface area contributed by atoms with Gasteiger partial charge in [-0.05, 0) is 31.8 Å². The Kier molecular flexibility index (Phi) is 2.21. The first-order valence-electron chi connectivity index (χ1n) is 5.54. The normalized spacial score (nSPS) is 35.9. The zero-order valence-corrected chi connectivity index (χ0v) is 8.89. The molecule has 1 aromatic heterocycles. The van der Waals surface area contributed by atoms with Gasteiger partial charge in [0.05, 0.1) is 6.54 Å². The van der Waals surface area contributed by atoms with Crippen molar-refractivity contribution in [2.75, 3.05) is 19.6 Å². The second kappa shape index (κ2) is 3.57. The topological polar surface area (TPSA) is 54.2 Å². The van der Waals surface area contributed by atoms with Crippen molar-refractivity contribution in [1.29, 1.82) is 0 Å². The molecule has 0 bridgehead atoms. The number of rotatable bonds is 2. The number of nitrogens with zero attached hydrogens (tertiary/aromatic N) is 3. The first-order valence-corrected chi connectivity index (χ1v) is 5.54. The molecule has 0 aromatic carbocycles. The highest BCUT2D eigenvalue weighted by atomic mass is 16.5. The van der Waals surface area contributed by atoms with Crippen molar-refractivity contribution in [3.63, 3.8) is 0 Å². The summed E-state index contributed by atoms with van der Waals surface area (Å²) in [6, 6.07) is 0.628. The van der Waals surface area contributed by atoms with Gasteiger partial charge in [0.2, 0.25) is 6.39 Å². The van der Waals surface area contributed by atoms with Crippen LogP contribution in [-0.2, 0) is 6.54 Å². The smallest absolute Gasteiger partial charge is 0.213 e. The molecule has 5 nitrogen and oxygen atoms in total. The highest BCUT2D eigenvalue weighted by Gasteiger charge is 2.41. The molecule has 2 aliphatic heterocycles. The predicted molar refractivity (Wildman–Crippen MR) is 54.0 cm³/mol. The molecule has 2 aliphatic rings. The van der Waals surface area contributed by atoms with Crippen molar-refractivity contribution in [1.82, 2.24) is 20.4 Å². The van der Waals surface area contributed by atoms with Gasteiger partial charge in [0.15, 0.2) is 5.82 Å². The second-order valence-corrected chi connectivity index (χ2v) is 4.60. The van der Waals surface area contributed by atoms with Crippen molar-refractivity contribution < 1.29 is 4.52 Å². The summed E-state index contributed by atoms with van der Waals surface area (Å²) in [7, 11) is 0. The molecular formula is C10H16N4O. The van der Waals surface area contributed by atoms with E-state index < -0.39 is 0 Å². The van der Waals surface area contributed by atoms with E-state index in [2.05, 4.69) is 27.3 Å². The van der Waals surface area contributed by atoms with Crippen LogP contribution in [0.3, 0.4) is 0 Å². The van der Waals surface area contributed by atoms with Crippen LogP contribution >= 0.6 is 0 Å². The van der Waals surface area contributed by atoms with Gasteiger partial charge in [-0.3, -0.25) is 4.90 Å². The first kappa shape index (κ1) is 9.30. The van der Waals surface area contributed by atoms with Crippen LogP contribution in [-0.4, -0.2) is 40.7 Å². The largest absolute Gasteiger partial charge is 0.343 e. The maximum atomic E-state index is 4.75. The number of hydrogen-bond acceptors (Lipinski definition) is 5. The summed E-state index contributed by atoms with van der Waals surface area (Å²) >= 11 is 0. The molecule has 0 radical (unpaired) electrons. The zero-order valence-electron chi connectivity index (χ0n) is 8.89. The molecule has 3 atom stereocenters. The minimum absolute atomic E-state index is 0.628. The fourth-order valence-electron chi connectivity index (χ4n) is 2.91. The molecule has 5 heteroatoms. The van der Waals surface area contributed by atoms with Gasteiger partial charge in [0.25, 0.3) is 0 Å². The van der Waals surface area contributed by atoms with Crippen LogP contribution < -0.4 is 5.32 Å². The first-order chi connectivity index (χ1) is 7.34. The Morgan fingerprint density at radius 1 is 1.60 bits per heavy atom. The van der Waals surface area contributed by atoms with E-state index in [1.165, 1.54) is 6.39 Å². The standard InChI is InChI=1S/C10H16N4O/c1-7-9-3-11-2-8(9)4-14(7)5-10-12-6-15-13-10/h6-9,11H,2-5H2,1H3. The molecule has 2 saturated heterocycles. The van der Waals surface area contributed by atoms with E-state index in [9.17, 15) is 0 Å². The van der Waals surface area contributed by atoms with Crippen molar-refractivity contribution >= 4 is 0 Å². The highest BCUT2D eigenvalue weighted by molar-refractivity contribution is 4.97. The molecule has 3 unspecified atom stereocenters. The van der Waals surface area contributed by atoms with Crippen LogP contribution in [0, 0.1) is 11.8 Å². The van der Waals surface area contributed by atoms with Crippen LogP contribution in [0.1, 0.15) is 12.7 Å². The van der Waals surface area contributed by atoms with E-state index in [0.29, 0.717) is 6.04 Å². The fraction of sp³-hybridized carbons (Fsp3) is 0.800. The molecule has 3 heterocycles. The number of likely N-dealkylation sites (tertiary alicyclic amines) is 1. The molecule has 1 N–H and O–H groups in total. The maximum absolute atomic E-state index is 4.75. The molecule has 0 spiro atoms. The Labute approximate surface area is 88.8 Å². The number of fused-ring (bicyclic) bond motifs is 1. The summed E-state index contributed by atoms with van der Waals surface area (Å²) in [6.45, 7) is 6.61. The van der Waals surface area contributed by atoms with Gasteiger partial charge in [-0.2, -0.15) is 4.98 Å². The van der Waals surface area contributed by atoms with Crippen LogP contribution in [0.4, 0.5) is 0 Å². The van der Waals surface area contributed by atoms with Crippen molar-refractivity contribution in [3.05, 3.63) is 12.2 Å². The van der Waals surface area contributed by atoms with Crippen molar-refractivity contribution in [2.24, 2.45) is 11.8 Å². The van der Waals surface area contributed by atoms with E-state index >= 15 is 0 Å². The van der Waals surface area contributed by atoms with Gasteiger partial charge in [-0.1, -0.05) is 5.16 Å². The van der Waals surface area contributed by atoms with Gasteiger partial charge in [0.1, 0.15) is 0 Å². The lowest BCUT2D eigenvalue weighted by Gasteiger charge is -2.22. The summed E-state index contributed by atoms with van der Waals surface area (Å²) in [5.74, 6) is 2.42. The Balaban J connectivity index is 1.68. The third-order valence-corrected chi connectivity index (χ3v) is 3.81. The van der Waals surface area contributed by atoms with Crippen molar-refractivity contribution in [2.45, 2.75) is 19.5 Å². The zero-order chi connectivity index (χ0) is 10.3. The van der Waals surface area contributed by atoms with Gasteiger partial charge in [-0.15, -0.1) is 0 Å². The quantitative estimate of drug-likeness (QED) is 0.747. The average molecular weight is 208 g/mol. The Morgan fingerprint density at radius 2 is 2.53 bits per heavy atom. The molecular weight excluding hydrogens is 192 g/mol. The van der Waals surface area contributed by atoms with E-state index in [4.69, 9.17) is 4.52 Å². The summed E-state index contributed by atoms with van der Waals surface area (Å²) in [5.41, 5.74) is 0. The maximum Gasteiger partial charge on any atom is 0.213 e. The van der Waals surface area contributed by atoms with E-state index in [1.54, 1.807) is 0 Å². The SMILES string of the molecule is CC1C2CNCC2CN1Cc1ncon1. The molecule has 15 heavy (non-hydrogen) atoms. The van der Waals surface area contributed by atoms with Crippen LogP contribution in [0.5, 0.6) is 0 Å². The molecule has 0 aliphatic carbocycles. The van der Waals surface area contributed by atoms with E-state index in [1.807, 2.05) is 0 Å². The molecule has 0 saturated carbocycles. The van der Waals surface area contributed by atoms with Crippen LogP contribution in [0.25, 0.3) is 0 Å². The minimum atomic E-state index is 0.628. The van der Waals surface area contributed by atoms with Gasteiger partial charge in [0, 0.05) is 12.6 Å². The van der Waals surface area contributed by atoms with Gasteiger partial charge in [-0.25, -0.2) is 0 Å². The van der Waals surface area contributed by atoms with Gasteiger partial charge >= 0.3 is 0 Å².